The van der Waals surface area contributed by atoms with E-state index in [2.05, 4.69) is 0 Å². The van der Waals surface area contributed by atoms with E-state index in [1.165, 1.54) is 7.11 Å². The Balaban J connectivity index is 1.70. The van der Waals surface area contributed by atoms with E-state index in [9.17, 15) is 39.3 Å². The molecule has 65 heavy (non-hydrogen) atoms. The molecule has 16 unspecified atom stereocenters. The van der Waals surface area contributed by atoms with Gasteiger partial charge in [0.25, 0.3) is 5.78 Å². The number of fused-ring (bicyclic) bond motifs is 3. The zero-order valence-corrected chi connectivity index (χ0v) is 40.7. The minimum absolute atomic E-state index is 0.0223. The van der Waals surface area contributed by atoms with Gasteiger partial charge in [-0.25, -0.2) is 0 Å². The highest BCUT2D eigenvalue weighted by molar-refractivity contribution is 6.41. The molecule has 2 bridgehead atoms. The van der Waals surface area contributed by atoms with Crippen LogP contribution >= 0.6 is 0 Å². The Bertz CT molecular complexity index is 1750. The molecule has 4 aliphatic rings. The van der Waals surface area contributed by atoms with Gasteiger partial charge in [0.15, 0.2) is 5.78 Å². The van der Waals surface area contributed by atoms with Crippen molar-refractivity contribution in [1.29, 1.82) is 0 Å². The fraction of sp³-hybridized carbons (Fsp3) is 0.750. The summed E-state index contributed by atoms with van der Waals surface area (Å²) in [6, 6.07) is 0. The van der Waals surface area contributed by atoms with Crippen molar-refractivity contribution in [1.82, 2.24) is 0 Å². The van der Waals surface area contributed by atoms with E-state index in [0.717, 1.165) is 12.0 Å². The number of esters is 1. The molecule has 0 aromatic heterocycles. The first-order valence-corrected chi connectivity index (χ1v) is 24.2. The number of aliphatic hydroxyl groups is 3. The van der Waals surface area contributed by atoms with Gasteiger partial charge in [-0.1, -0.05) is 83.9 Å². The first-order chi connectivity index (χ1) is 30.7. The van der Waals surface area contributed by atoms with Gasteiger partial charge in [-0.15, -0.1) is 0 Å². The normalized spacial score (nSPS) is 40.2. The summed E-state index contributed by atoms with van der Waals surface area (Å²) in [5.74, 6) is -9.53. The van der Waals surface area contributed by atoms with Gasteiger partial charge in [-0.05, 0) is 101 Å². The van der Waals surface area contributed by atoms with Gasteiger partial charge in [-0.3, -0.25) is 24.0 Å². The molecule has 0 amide bonds. The quantitative estimate of drug-likeness (QED) is 0.138. The van der Waals surface area contributed by atoms with Crippen molar-refractivity contribution < 1.29 is 63.0 Å². The van der Waals surface area contributed by atoms with Gasteiger partial charge < -0.3 is 39.0 Å². The van der Waals surface area contributed by atoms with Gasteiger partial charge in [0.1, 0.15) is 24.1 Å². The highest BCUT2D eigenvalue weighted by Gasteiger charge is 2.53. The number of aliphatic hydroxyl groups excluding tert-OH is 2. The van der Waals surface area contributed by atoms with Crippen LogP contribution in [-0.4, -0.2) is 114 Å². The molecule has 2 saturated carbocycles. The molecule has 4 rings (SSSR count). The maximum Gasteiger partial charge on any atom is 0.309 e. The van der Waals surface area contributed by atoms with Gasteiger partial charge >= 0.3 is 5.97 Å². The number of ether oxygens (including phenoxy) is 5. The second-order valence-corrected chi connectivity index (χ2v) is 19.9. The lowest BCUT2D eigenvalue weighted by Crippen LogP contribution is -2.57. The van der Waals surface area contributed by atoms with Crippen LogP contribution in [0, 0.1) is 47.3 Å². The highest BCUT2D eigenvalue weighted by Crippen LogP contribution is 2.40. The standard InChI is InChI=1S/C52H80O13/c1-30-16-12-11-13-17-31(2)43(61-8)28-38-22-20-36(7)52(60,65-38)50(58)48(57)39-18-14-15-19-40(39)51(59)64-44(33(4)26-37-21-23-41(53)45(27-37)62-9)29-42(54)32(3)25-35(6)47(56)49(63-10)46(55)34(5)24-30/h11-13,16-17,25,30,32-34,36-41,43-45,47,49,53,56,60H,14-15,18-24,26-29H2,1-10H3/b13-11?,16-12+,31-17?,35-25+. The highest BCUT2D eigenvalue weighted by atomic mass is 16.6. The Morgan fingerprint density at radius 1 is 0.800 bits per heavy atom. The van der Waals surface area contributed by atoms with E-state index in [1.54, 1.807) is 41.1 Å². The van der Waals surface area contributed by atoms with Crippen LogP contribution in [0.5, 0.6) is 0 Å². The lowest BCUT2D eigenvalue weighted by molar-refractivity contribution is -0.265. The molecule has 366 valence electrons. The van der Waals surface area contributed by atoms with Crippen LogP contribution in [0.3, 0.4) is 0 Å². The summed E-state index contributed by atoms with van der Waals surface area (Å²) in [4.78, 5) is 70.8. The fourth-order valence-electron chi connectivity index (χ4n) is 10.5. The topological polar surface area (TPSA) is 192 Å². The Morgan fingerprint density at radius 2 is 1.49 bits per heavy atom. The zero-order valence-electron chi connectivity index (χ0n) is 40.7. The van der Waals surface area contributed by atoms with E-state index in [4.69, 9.17) is 23.7 Å². The number of allylic oxidation sites excluding steroid dienone is 6. The molecule has 2 heterocycles. The summed E-state index contributed by atoms with van der Waals surface area (Å²) in [6.45, 7) is 12.7. The average molecular weight is 913 g/mol. The van der Waals surface area contributed by atoms with Crippen LogP contribution < -0.4 is 0 Å². The maximum atomic E-state index is 14.4. The maximum absolute atomic E-state index is 14.4. The van der Waals surface area contributed by atoms with Crippen molar-refractivity contribution in [2.45, 2.75) is 180 Å². The number of ketones is 4. The SMILES string of the molecule is COC1CC2CCC(C)C(O)(O2)C(=O)C(=O)C2CCCCC2C(=O)OC(C(C)CC2CCC(O)C(OC)C2)CC(=O)C(C)/C=C(\C)C(O)C(OC)C(=O)C(C)CC(C)/C=C/C=CC=C1C. The largest absolute Gasteiger partial charge is 0.461 e. The number of rotatable bonds is 6. The monoisotopic (exact) mass is 913 g/mol. The molecule has 0 aromatic carbocycles. The second kappa shape index (κ2) is 25.3. The van der Waals surface area contributed by atoms with E-state index in [-0.39, 0.29) is 48.3 Å². The average Bonchev–Trinajstić information content (AvgIpc) is 3.28. The third-order valence-corrected chi connectivity index (χ3v) is 14.9. The van der Waals surface area contributed by atoms with E-state index in [0.29, 0.717) is 69.8 Å². The number of Topliss-reactive ketones (excluding diaryl/α,β-unsaturated/α-hetero) is 4. The predicted octanol–water partition coefficient (Wildman–Crippen LogP) is 7.18. The number of carbonyl (C=O) groups is 5. The van der Waals surface area contributed by atoms with Crippen molar-refractivity contribution in [2.24, 2.45) is 47.3 Å². The van der Waals surface area contributed by atoms with Crippen molar-refractivity contribution >= 4 is 29.1 Å². The third-order valence-electron chi connectivity index (χ3n) is 14.9. The summed E-state index contributed by atoms with van der Waals surface area (Å²) in [5.41, 5.74) is 1.28. The van der Waals surface area contributed by atoms with Gasteiger partial charge in [0.2, 0.25) is 11.6 Å². The predicted molar refractivity (Wildman–Crippen MR) is 246 cm³/mol. The van der Waals surface area contributed by atoms with Crippen molar-refractivity contribution in [3.63, 3.8) is 0 Å². The lowest BCUT2D eigenvalue weighted by Gasteiger charge is -2.42. The Morgan fingerprint density at radius 3 is 2.15 bits per heavy atom. The molecule has 13 heteroatoms. The lowest BCUT2D eigenvalue weighted by atomic mass is 9.73. The summed E-state index contributed by atoms with van der Waals surface area (Å²) in [5, 5.41) is 33.9. The Labute approximate surface area is 387 Å². The molecule has 1 saturated heterocycles. The number of methoxy groups -OCH3 is 3. The van der Waals surface area contributed by atoms with Crippen LogP contribution in [0.15, 0.2) is 47.6 Å². The number of hydrogen-bond donors (Lipinski definition) is 3. The summed E-state index contributed by atoms with van der Waals surface area (Å²) in [7, 11) is 4.53. The first kappa shape index (κ1) is 54.4. The molecule has 2 aliphatic carbocycles. The van der Waals surface area contributed by atoms with Crippen molar-refractivity contribution in [2.75, 3.05) is 21.3 Å². The molecule has 0 aromatic rings. The zero-order chi connectivity index (χ0) is 48.2. The van der Waals surface area contributed by atoms with Gasteiger partial charge in [-0.2, -0.15) is 0 Å². The number of cyclic esters (lactones) is 1. The third kappa shape index (κ3) is 14.4. The van der Waals surface area contributed by atoms with E-state index >= 15 is 0 Å². The molecule has 2 aliphatic heterocycles. The smallest absolute Gasteiger partial charge is 0.309 e. The summed E-state index contributed by atoms with van der Waals surface area (Å²) in [6.07, 6.45) is 11.8. The van der Waals surface area contributed by atoms with Crippen LogP contribution in [0.1, 0.15) is 132 Å². The Hall–Kier alpha value is -3.17. The van der Waals surface area contributed by atoms with Crippen molar-refractivity contribution in [3.8, 4) is 0 Å². The van der Waals surface area contributed by atoms with E-state index in [1.807, 2.05) is 58.1 Å². The van der Waals surface area contributed by atoms with Crippen LogP contribution in [0.2, 0.25) is 0 Å². The second-order valence-electron chi connectivity index (χ2n) is 19.9. The molecule has 3 fully saturated rings. The molecular formula is C52H80O13. The number of carbonyl (C=O) groups excluding carboxylic acids is 5. The minimum Gasteiger partial charge on any atom is -0.461 e. The van der Waals surface area contributed by atoms with Crippen LogP contribution in [0.25, 0.3) is 0 Å². The molecule has 16 atom stereocenters. The van der Waals surface area contributed by atoms with Gasteiger partial charge in [0.05, 0.1) is 30.3 Å². The molecule has 3 N–H and O–H groups in total. The minimum atomic E-state index is -2.39. The fourth-order valence-corrected chi connectivity index (χ4v) is 10.5. The molecule has 13 nitrogen and oxygen atoms in total. The number of hydrogen-bond acceptors (Lipinski definition) is 13. The molecular weight excluding hydrogens is 833 g/mol. The van der Waals surface area contributed by atoms with Gasteiger partial charge in [0, 0.05) is 57.8 Å². The molecule has 0 radical (unpaired) electrons. The van der Waals surface area contributed by atoms with Crippen molar-refractivity contribution in [3.05, 3.63) is 47.6 Å². The summed E-state index contributed by atoms with van der Waals surface area (Å²) < 4.78 is 29.4. The van der Waals surface area contributed by atoms with Crippen LogP contribution in [-0.2, 0) is 47.7 Å². The first-order valence-electron chi connectivity index (χ1n) is 24.2. The Kier molecular flexibility index (Phi) is 21.2. The summed E-state index contributed by atoms with van der Waals surface area (Å²) >= 11 is 0. The molecule has 0 spiro atoms. The van der Waals surface area contributed by atoms with E-state index < -0.39 is 89.5 Å². The van der Waals surface area contributed by atoms with Crippen LogP contribution in [0.4, 0.5) is 0 Å².